The molecule has 14 heteroatoms. The molecule has 1 unspecified atom stereocenters. The third-order valence-electron chi connectivity index (χ3n) is 6.45. The summed E-state index contributed by atoms with van der Waals surface area (Å²) in [5.74, 6) is 5.18. The zero-order valence-corrected chi connectivity index (χ0v) is 28.3. The minimum absolute atomic E-state index is 0.00330. The van der Waals surface area contributed by atoms with Crippen molar-refractivity contribution in [3.63, 3.8) is 0 Å². The molecule has 0 bridgehead atoms. The minimum Gasteiger partial charge on any atom is -0.460 e. The number of benzene rings is 3. The van der Waals surface area contributed by atoms with Crippen LogP contribution in [0.3, 0.4) is 0 Å². The number of thiol groups is 1. The maximum absolute atomic E-state index is 15.2. The Morgan fingerprint density at radius 2 is 1.57 bits per heavy atom. The first kappa shape index (κ1) is 37.4. The molecular weight excluding hydrogens is 642 g/mol. The smallest absolute Gasteiger partial charge is 0.333 e. The second-order valence-electron chi connectivity index (χ2n) is 9.93. The molecule has 4 rings (SSSR count). The lowest BCUT2D eigenvalue weighted by Crippen LogP contribution is -2.34. The van der Waals surface area contributed by atoms with E-state index in [4.69, 9.17) is 29.9 Å². The Bertz CT molecular complexity index is 1480. The first-order valence-electron chi connectivity index (χ1n) is 14.4. The van der Waals surface area contributed by atoms with Gasteiger partial charge in [0.25, 0.3) is 6.47 Å². The Hall–Kier alpha value is -4.10. The summed E-state index contributed by atoms with van der Waals surface area (Å²) in [7, 11) is 1.52. The van der Waals surface area contributed by atoms with E-state index in [9.17, 15) is 4.79 Å². The van der Waals surface area contributed by atoms with Crippen LogP contribution in [0.2, 0.25) is 0 Å². The number of aromatic nitrogens is 1. The molecule has 0 aliphatic rings. The van der Waals surface area contributed by atoms with E-state index in [0.29, 0.717) is 29.0 Å². The fourth-order valence-electron chi connectivity index (χ4n) is 4.18. The summed E-state index contributed by atoms with van der Waals surface area (Å²) in [6.07, 6.45) is 2.52. The molecule has 4 N–H and O–H groups in total. The number of halogens is 1. The standard InChI is InChI=1S/C32H36FN6O5P.CH4S/c1-38(27-14-15-29(30(33)17-27)26-13-16-31(36-18-26)32(34)37-39(2)35)19-28(41-23-40)22-44-45(42-20-24-9-5-3-6-10-24)43-21-25-11-7-4-8-12-25;1-2/h3-18,23,28H,19-22,35H2,1-2H3,(H2,34,37);2H,1H3. The Kier molecular flexibility index (Phi) is 16.1. The molecule has 0 saturated carbocycles. The van der Waals surface area contributed by atoms with E-state index in [2.05, 4.69) is 22.7 Å². The number of rotatable bonds is 17. The quantitative estimate of drug-likeness (QED) is 0.0249. The molecule has 0 radical (unpaired) electrons. The van der Waals surface area contributed by atoms with E-state index in [1.54, 1.807) is 42.5 Å². The molecule has 4 aromatic rings. The van der Waals surface area contributed by atoms with Crippen molar-refractivity contribution in [1.82, 2.24) is 10.1 Å². The van der Waals surface area contributed by atoms with Crippen molar-refractivity contribution in [3.05, 3.63) is 120 Å². The Morgan fingerprint density at radius 3 is 2.09 bits per heavy atom. The highest BCUT2D eigenvalue weighted by Crippen LogP contribution is 2.42. The van der Waals surface area contributed by atoms with Crippen molar-refractivity contribution < 1.29 is 27.5 Å². The summed E-state index contributed by atoms with van der Waals surface area (Å²) in [4.78, 5) is 17.4. The zero-order chi connectivity index (χ0) is 34.0. The number of pyridine rings is 1. The van der Waals surface area contributed by atoms with Crippen LogP contribution in [-0.2, 0) is 36.3 Å². The lowest BCUT2D eigenvalue weighted by Gasteiger charge is -2.26. The molecule has 47 heavy (non-hydrogen) atoms. The molecule has 0 aliphatic heterocycles. The van der Waals surface area contributed by atoms with Crippen molar-refractivity contribution in [3.8, 4) is 11.1 Å². The van der Waals surface area contributed by atoms with Gasteiger partial charge in [0, 0.05) is 37.1 Å². The monoisotopic (exact) mass is 682 g/mol. The average molecular weight is 683 g/mol. The van der Waals surface area contributed by atoms with Gasteiger partial charge in [0.1, 0.15) is 17.6 Å². The van der Waals surface area contributed by atoms with Crippen LogP contribution >= 0.6 is 21.2 Å². The van der Waals surface area contributed by atoms with Gasteiger partial charge in [-0.1, -0.05) is 66.7 Å². The molecule has 11 nitrogen and oxygen atoms in total. The number of hydrogen-bond donors (Lipinski definition) is 3. The minimum atomic E-state index is -1.78. The van der Waals surface area contributed by atoms with Gasteiger partial charge in [0.15, 0.2) is 5.84 Å². The highest BCUT2D eigenvalue weighted by atomic mass is 32.1. The van der Waals surface area contributed by atoms with Crippen molar-refractivity contribution in [2.45, 2.75) is 19.3 Å². The number of likely N-dealkylation sites (N-methyl/N-ethyl adjacent to an activating group) is 1. The largest absolute Gasteiger partial charge is 0.460 e. The number of ether oxygens (including phenoxy) is 1. The van der Waals surface area contributed by atoms with Crippen molar-refractivity contribution in [2.75, 3.05) is 38.4 Å². The summed E-state index contributed by atoms with van der Waals surface area (Å²) >= 11 is 3.53. The van der Waals surface area contributed by atoms with E-state index in [-0.39, 0.29) is 32.2 Å². The SMILES string of the molecule is CN(N)/N=C(\N)c1ccc(-c2ccc(N(C)CC(COP(OCc3ccccc3)OCc3ccccc3)OC=O)cc2F)cn1.CS. The number of carbonyl (C=O) groups is 1. The number of hydrazine groups is 1. The van der Waals surface area contributed by atoms with Crippen LogP contribution in [0.4, 0.5) is 10.1 Å². The summed E-state index contributed by atoms with van der Waals surface area (Å²) in [6.45, 7) is 1.17. The number of carbonyl (C=O) groups excluding carboxylic acids is 1. The molecule has 3 aromatic carbocycles. The summed E-state index contributed by atoms with van der Waals surface area (Å²) in [5.41, 5.74) is 9.72. The second kappa shape index (κ2) is 20.2. The molecule has 0 spiro atoms. The molecule has 0 saturated heterocycles. The van der Waals surface area contributed by atoms with Gasteiger partial charge in [-0.3, -0.25) is 9.78 Å². The van der Waals surface area contributed by atoms with E-state index in [1.165, 1.54) is 19.3 Å². The lowest BCUT2D eigenvalue weighted by molar-refractivity contribution is -0.134. The van der Waals surface area contributed by atoms with Crippen molar-refractivity contribution in [1.29, 1.82) is 0 Å². The van der Waals surface area contributed by atoms with Gasteiger partial charge in [-0.25, -0.2) is 15.4 Å². The van der Waals surface area contributed by atoms with Gasteiger partial charge >= 0.3 is 8.60 Å². The third kappa shape index (κ3) is 12.6. The van der Waals surface area contributed by atoms with Crippen molar-refractivity contribution in [2.24, 2.45) is 16.7 Å². The normalized spacial score (nSPS) is 11.8. The fourth-order valence-corrected chi connectivity index (χ4v) is 5.21. The van der Waals surface area contributed by atoms with Crippen LogP contribution in [0.5, 0.6) is 0 Å². The number of nitrogens with two attached hydrogens (primary N) is 2. The molecule has 250 valence electrons. The van der Waals surface area contributed by atoms with E-state index in [0.717, 1.165) is 16.2 Å². The average Bonchev–Trinajstić information content (AvgIpc) is 3.09. The lowest BCUT2D eigenvalue weighted by atomic mass is 10.1. The van der Waals surface area contributed by atoms with Crippen LogP contribution < -0.4 is 16.5 Å². The Balaban J connectivity index is 0.00000294. The van der Waals surface area contributed by atoms with Crippen molar-refractivity contribution >= 4 is 39.2 Å². The molecule has 1 aromatic heterocycles. The Labute approximate surface area is 281 Å². The predicted octanol–water partition coefficient (Wildman–Crippen LogP) is 5.51. The van der Waals surface area contributed by atoms with Crippen LogP contribution in [0.15, 0.2) is 102 Å². The van der Waals surface area contributed by atoms with E-state index >= 15 is 4.39 Å². The number of amidine groups is 1. The molecular formula is C33H40FN6O5PS. The second-order valence-corrected chi connectivity index (χ2v) is 11.1. The van der Waals surface area contributed by atoms with Gasteiger partial charge in [-0.2, -0.15) is 12.6 Å². The summed E-state index contributed by atoms with van der Waals surface area (Å²) in [5, 5.41) is 4.99. The van der Waals surface area contributed by atoms with Crippen LogP contribution in [0.1, 0.15) is 16.8 Å². The third-order valence-corrected chi connectivity index (χ3v) is 7.49. The maximum Gasteiger partial charge on any atom is 0.333 e. The number of anilines is 1. The summed E-state index contributed by atoms with van der Waals surface area (Å²) in [6, 6.07) is 27.5. The molecule has 1 atom stereocenters. The predicted molar refractivity (Wildman–Crippen MR) is 187 cm³/mol. The number of hydrazone groups is 1. The molecule has 0 fully saturated rings. The zero-order valence-electron chi connectivity index (χ0n) is 26.5. The molecule has 0 amide bonds. The van der Waals surface area contributed by atoms with E-state index in [1.807, 2.05) is 60.7 Å². The fraction of sp³-hybridized carbons (Fsp3) is 0.242. The first-order chi connectivity index (χ1) is 22.8. The Morgan fingerprint density at radius 1 is 0.957 bits per heavy atom. The number of hydrogen-bond acceptors (Lipinski definition) is 11. The first-order valence-corrected chi connectivity index (χ1v) is 16.4. The van der Waals surface area contributed by atoms with Gasteiger partial charge < -0.3 is 28.9 Å². The highest BCUT2D eigenvalue weighted by Gasteiger charge is 2.21. The summed E-state index contributed by atoms with van der Waals surface area (Å²) < 4.78 is 38.5. The number of nitrogens with zero attached hydrogens (tertiary/aromatic N) is 4. The highest BCUT2D eigenvalue weighted by molar-refractivity contribution is 7.79. The van der Waals surface area contributed by atoms with Crippen LogP contribution in [0, 0.1) is 5.82 Å². The molecule has 0 aliphatic carbocycles. The topological polar surface area (TPSA) is 138 Å². The van der Waals surface area contributed by atoms with E-state index < -0.39 is 20.5 Å². The van der Waals surface area contributed by atoms with Crippen LogP contribution in [0.25, 0.3) is 11.1 Å². The van der Waals surface area contributed by atoms with Gasteiger partial charge in [0.2, 0.25) is 0 Å². The van der Waals surface area contributed by atoms with Crippen LogP contribution in [-0.4, -0.2) is 62.0 Å². The van der Waals surface area contributed by atoms with Gasteiger partial charge in [-0.05, 0) is 41.6 Å². The maximum atomic E-state index is 15.2. The van der Waals surface area contributed by atoms with Gasteiger partial charge in [-0.15, -0.1) is 5.10 Å². The molecule has 1 heterocycles. The van der Waals surface area contributed by atoms with Gasteiger partial charge in [0.05, 0.1) is 26.4 Å².